The van der Waals surface area contributed by atoms with Crippen molar-refractivity contribution in [1.82, 2.24) is 25.1 Å². The third-order valence-electron chi connectivity index (χ3n) is 6.70. The molecule has 1 aliphatic rings. The first-order chi connectivity index (χ1) is 18.1. The van der Waals surface area contributed by atoms with E-state index in [9.17, 15) is 9.59 Å². The van der Waals surface area contributed by atoms with E-state index in [1.165, 1.54) is 11.3 Å². The highest BCUT2D eigenvalue weighted by Crippen LogP contribution is 2.32. The predicted octanol–water partition coefficient (Wildman–Crippen LogP) is 4.85. The summed E-state index contributed by atoms with van der Waals surface area (Å²) in [6.07, 6.45) is 3.30. The fourth-order valence-corrected chi connectivity index (χ4v) is 5.67. The number of aromatic amines is 1. The van der Waals surface area contributed by atoms with Crippen LogP contribution in [0.4, 0.5) is 5.69 Å². The maximum Gasteiger partial charge on any atom is 0.275 e. The smallest absolute Gasteiger partial charge is 0.275 e. The Bertz CT molecular complexity index is 1620. The highest BCUT2D eigenvalue weighted by molar-refractivity contribution is 7.10. The molecule has 1 saturated heterocycles. The van der Waals surface area contributed by atoms with Gasteiger partial charge < -0.3 is 15.0 Å². The molecule has 3 aromatic heterocycles. The molecule has 10 heteroatoms. The molecule has 2 N–H and O–H groups in total. The Morgan fingerprint density at radius 2 is 1.92 bits per heavy atom. The van der Waals surface area contributed by atoms with Gasteiger partial charge in [-0.25, -0.2) is 9.97 Å². The van der Waals surface area contributed by atoms with Gasteiger partial charge in [-0.3, -0.25) is 14.7 Å². The quantitative estimate of drug-likeness (QED) is 0.348. The molecule has 2 amide bonds. The van der Waals surface area contributed by atoms with Crippen molar-refractivity contribution in [2.45, 2.75) is 18.8 Å². The number of nitrogens with zero attached hydrogens (tertiary/aromatic N) is 4. The third-order valence-corrected chi connectivity index (χ3v) is 7.71. The number of pyridine rings is 1. The van der Waals surface area contributed by atoms with Crippen molar-refractivity contribution in [3.8, 4) is 5.75 Å². The number of anilines is 1. The summed E-state index contributed by atoms with van der Waals surface area (Å²) in [5, 5.41) is 14.4. The van der Waals surface area contributed by atoms with E-state index in [4.69, 9.17) is 4.74 Å². The molecule has 6 rings (SSSR count). The minimum atomic E-state index is -0.245. The molecule has 37 heavy (non-hydrogen) atoms. The minimum absolute atomic E-state index is 0.101. The number of carbonyl (C=O) groups is 2. The number of hydrogen-bond donors (Lipinski definition) is 2. The van der Waals surface area contributed by atoms with E-state index in [0.717, 1.165) is 39.7 Å². The lowest BCUT2D eigenvalue weighted by Crippen LogP contribution is -2.38. The topological polar surface area (TPSA) is 113 Å². The van der Waals surface area contributed by atoms with Crippen LogP contribution in [0, 0.1) is 0 Å². The van der Waals surface area contributed by atoms with Crippen LogP contribution in [0.5, 0.6) is 5.75 Å². The standard InChI is InChI=1S/C27H24N6O3S/c1-36-24-13-22(30-20-5-3-2-4-19(20)24)27(35)33-10-8-16(9-11-33)26-31-23(15-37-26)25(34)29-18-7-6-17-14-28-32-21(17)12-18/h2-7,12-16H,8-11H2,1H3,(H,28,32)(H,29,34). The van der Waals surface area contributed by atoms with Crippen molar-refractivity contribution >= 4 is 50.6 Å². The Morgan fingerprint density at radius 3 is 2.76 bits per heavy atom. The van der Waals surface area contributed by atoms with Crippen molar-refractivity contribution in [2.75, 3.05) is 25.5 Å². The summed E-state index contributed by atoms with van der Waals surface area (Å²) < 4.78 is 5.50. The lowest BCUT2D eigenvalue weighted by Gasteiger charge is -2.31. The van der Waals surface area contributed by atoms with E-state index in [1.54, 1.807) is 24.8 Å². The average Bonchev–Trinajstić information content (AvgIpc) is 3.62. The molecule has 186 valence electrons. The molecule has 0 radical (unpaired) electrons. The van der Waals surface area contributed by atoms with Gasteiger partial charge in [-0.05, 0) is 43.2 Å². The normalized spacial score (nSPS) is 14.2. The van der Waals surface area contributed by atoms with E-state index < -0.39 is 0 Å². The average molecular weight is 513 g/mol. The van der Waals surface area contributed by atoms with Gasteiger partial charge in [0.05, 0.1) is 29.3 Å². The van der Waals surface area contributed by atoms with Gasteiger partial charge in [0, 0.05) is 46.9 Å². The Kier molecular flexibility index (Phi) is 6.01. The van der Waals surface area contributed by atoms with Crippen LogP contribution < -0.4 is 10.1 Å². The maximum absolute atomic E-state index is 13.2. The zero-order valence-corrected chi connectivity index (χ0v) is 20.9. The summed E-state index contributed by atoms with van der Waals surface area (Å²) >= 11 is 1.49. The zero-order chi connectivity index (χ0) is 25.4. The number of aromatic nitrogens is 4. The lowest BCUT2D eigenvalue weighted by atomic mass is 9.97. The largest absolute Gasteiger partial charge is 0.496 e. The molecule has 1 aliphatic heterocycles. The molecule has 0 saturated carbocycles. The lowest BCUT2D eigenvalue weighted by molar-refractivity contribution is 0.0707. The van der Waals surface area contributed by atoms with Crippen LogP contribution in [0.25, 0.3) is 21.8 Å². The van der Waals surface area contributed by atoms with Crippen LogP contribution >= 0.6 is 11.3 Å². The zero-order valence-electron chi connectivity index (χ0n) is 20.1. The molecule has 5 aromatic rings. The summed E-state index contributed by atoms with van der Waals surface area (Å²) in [6.45, 7) is 1.21. The first kappa shape index (κ1) is 23.1. The summed E-state index contributed by atoms with van der Waals surface area (Å²) in [6, 6.07) is 14.9. The number of benzene rings is 2. The molecule has 0 unspecified atom stereocenters. The summed E-state index contributed by atoms with van der Waals surface area (Å²) in [5.74, 6) is 0.499. The van der Waals surface area contributed by atoms with Crippen molar-refractivity contribution in [1.29, 1.82) is 0 Å². The van der Waals surface area contributed by atoms with E-state index >= 15 is 0 Å². The molecule has 4 heterocycles. The van der Waals surface area contributed by atoms with Gasteiger partial charge in [0.25, 0.3) is 11.8 Å². The SMILES string of the molecule is COc1cc(C(=O)N2CCC(c3nc(C(=O)Nc4ccc5cn[nH]c5c4)cs3)CC2)nc2ccccc12. The number of para-hydroxylation sites is 1. The maximum atomic E-state index is 13.2. The molecule has 9 nitrogen and oxygen atoms in total. The van der Waals surface area contributed by atoms with Crippen molar-refractivity contribution in [3.05, 3.63) is 76.5 Å². The van der Waals surface area contributed by atoms with Crippen molar-refractivity contribution in [2.24, 2.45) is 0 Å². The van der Waals surface area contributed by atoms with E-state index in [1.807, 2.05) is 47.4 Å². The number of nitrogens with one attached hydrogen (secondary N) is 2. The number of carbonyl (C=O) groups excluding carboxylic acids is 2. The van der Waals surface area contributed by atoms with Gasteiger partial charge in [-0.2, -0.15) is 5.10 Å². The molecule has 1 fully saturated rings. The third kappa shape index (κ3) is 4.51. The number of amides is 2. The number of methoxy groups -OCH3 is 1. The highest BCUT2D eigenvalue weighted by atomic mass is 32.1. The Hall–Kier alpha value is -4.31. The molecule has 0 aliphatic carbocycles. The second-order valence-electron chi connectivity index (χ2n) is 8.99. The highest BCUT2D eigenvalue weighted by Gasteiger charge is 2.28. The van der Waals surface area contributed by atoms with Crippen LogP contribution in [0.15, 0.2) is 60.1 Å². The van der Waals surface area contributed by atoms with Gasteiger partial charge in [0.1, 0.15) is 17.1 Å². The van der Waals surface area contributed by atoms with Gasteiger partial charge in [-0.1, -0.05) is 12.1 Å². The van der Waals surface area contributed by atoms with E-state index in [0.29, 0.717) is 35.9 Å². The van der Waals surface area contributed by atoms with Crippen LogP contribution in [-0.4, -0.2) is 57.1 Å². The second-order valence-corrected chi connectivity index (χ2v) is 9.88. The van der Waals surface area contributed by atoms with Gasteiger partial charge in [-0.15, -0.1) is 11.3 Å². The second kappa shape index (κ2) is 9.62. The number of hydrogen-bond acceptors (Lipinski definition) is 7. The molecule has 0 bridgehead atoms. The van der Waals surface area contributed by atoms with Crippen LogP contribution in [0.3, 0.4) is 0 Å². The van der Waals surface area contributed by atoms with Gasteiger partial charge in [0.2, 0.25) is 0 Å². The van der Waals surface area contributed by atoms with Crippen LogP contribution in [0.2, 0.25) is 0 Å². The van der Waals surface area contributed by atoms with Crippen LogP contribution in [-0.2, 0) is 0 Å². The fraction of sp³-hybridized carbons (Fsp3) is 0.222. The van der Waals surface area contributed by atoms with Gasteiger partial charge in [0.15, 0.2) is 0 Å². The minimum Gasteiger partial charge on any atom is -0.496 e. The number of rotatable bonds is 5. The van der Waals surface area contributed by atoms with Crippen LogP contribution in [0.1, 0.15) is 44.7 Å². The molecule has 0 atom stereocenters. The van der Waals surface area contributed by atoms with Crippen molar-refractivity contribution in [3.63, 3.8) is 0 Å². The Labute approximate surface area is 216 Å². The summed E-state index contributed by atoms with van der Waals surface area (Å²) in [7, 11) is 1.60. The molecular formula is C27H24N6O3S. The molecule has 0 spiro atoms. The number of likely N-dealkylation sites (tertiary alicyclic amines) is 1. The molecule has 2 aromatic carbocycles. The number of H-pyrrole nitrogens is 1. The molecular weight excluding hydrogens is 488 g/mol. The van der Waals surface area contributed by atoms with E-state index in [-0.39, 0.29) is 17.7 Å². The first-order valence-corrected chi connectivity index (χ1v) is 12.9. The Morgan fingerprint density at radius 1 is 1.08 bits per heavy atom. The Balaban J connectivity index is 1.10. The summed E-state index contributed by atoms with van der Waals surface area (Å²) in [5.41, 5.74) is 3.06. The fourth-order valence-electron chi connectivity index (χ4n) is 4.70. The monoisotopic (exact) mass is 512 g/mol. The van der Waals surface area contributed by atoms with Crippen molar-refractivity contribution < 1.29 is 14.3 Å². The summed E-state index contributed by atoms with van der Waals surface area (Å²) in [4.78, 5) is 37.0. The van der Waals surface area contributed by atoms with E-state index in [2.05, 4.69) is 25.5 Å². The number of thiazole rings is 1. The first-order valence-electron chi connectivity index (χ1n) is 12.0. The number of piperidine rings is 1. The predicted molar refractivity (Wildman–Crippen MR) is 142 cm³/mol. The van der Waals surface area contributed by atoms with Gasteiger partial charge >= 0.3 is 0 Å². The number of ether oxygens (including phenoxy) is 1. The number of fused-ring (bicyclic) bond motifs is 2.